The monoisotopic (exact) mass is 414 g/mol. The minimum absolute atomic E-state index is 0.149. The Bertz CT molecular complexity index is 989. The van der Waals surface area contributed by atoms with Gasteiger partial charge in [0.25, 0.3) is 0 Å². The van der Waals surface area contributed by atoms with Crippen LogP contribution in [-0.4, -0.2) is 31.8 Å². The molecule has 0 saturated carbocycles. The van der Waals surface area contributed by atoms with Gasteiger partial charge in [0.05, 0.1) is 13.2 Å². The molecule has 6 heteroatoms. The molecule has 30 heavy (non-hydrogen) atoms. The van der Waals surface area contributed by atoms with Crippen molar-refractivity contribution in [1.82, 2.24) is 0 Å². The fourth-order valence-corrected chi connectivity index (χ4v) is 3.60. The number of carbonyl (C=O) groups excluding carboxylic acids is 1. The molecule has 0 spiro atoms. The van der Waals surface area contributed by atoms with Crippen LogP contribution in [0, 0.1) is 11.7 Å². The van der Waals surface area contributed by atoms with E-state index < -0.39 is 24.5 Å². The van der Waals surface area contributed by atoms with E-state index >= 15 is 0 Å². The third-order valence-corrected chi connectivity index (χ3v) is 5.32. The molecular weight excluding hydrogens is 393 g/mol. The SMILES string of the molecule is CC1COC(c2ccc(-c3ccc(C4=CC=C(C=O)C(F)C4F)cc3)c(F)c2)OC1. The molecule has 1 saturated heterocycles. The van der Waals surface area contributed by atoms with E-state index in [1.54, 1.807) is 36.4 Å². The molecule has 1 aliphatic carbocycles. The number of allylic oxidation sites excluding steroid dienone is 4. The summed E-state index contributed by atoms with van der Waals surface area (Å²) >= 11 is 0. The summed E-state index contributed by atoms with van der Waals surface area (Å²) in [6.07, 6.45) is -1.48. The van der Waals surface area contributed by atoms with E-state index in [9.17, 15) is 18.0 Å². The molecule has 2 aromatic carbocycles. The number of rotatable bonds is 4. The van der Waals surface area contributed by atoms with Crippen LogP contribution < -0.4 is 0 Å². The van der Waals surface area contributed by atoms with Crippen molar-refractivity contribution in [3.63, 3.8) is 0 Å². The van der Waals surface area contributed by atoms with Crippen molar-refractivity contribution in [1.29, 1.82) is 0 Å². The van der Waals surface area contributed by atoms with E-state index in [1.807, 2.05) is 6.92 Å². The van der Waals surface area contributed by atoms with Crippen LogP contribution in [0.25, 0.3) is 16.7 Å². The molecule has 1 aliphatic heterocycles. The largest absolute Gasteiger partial charge is 0.348 e. The molecular formula is C24H21F3O3. The first-order chi connectivity index (χ1) is 14.5. The first kappa shape index (κ1) is 20.6. The molecule has 0 amide bonds. The van der Waals surface area contributed by atoms with Gasteiger partial charge in [-0.25, -0.2) is 13.2 Å². The zero-order valence-corrected chi connectivity index (χ0v) is 16.4. The van der Waals surface area contributed by atoms with E-state index in [0.29, 0.717) is 47.7 Å². The fourth-order valence-electron chi connectivity index (χ4n) is 3.60. The minimum Gasteiger partial charge on any atom is -0.348 e. The molecule has 2 aromatic rings. The van der Waals surface area contributed by atoms with E-state index in [1.165, 1.54) is 18.2 Å². The second-order valence-electron chi connectivity index (χ2n) is 7.63. The second kappa shape index (κ2) is 8.58. The van der Waals surface area contributed by atoms with E-state index in [4.69, 9.17) is 9.47 Å². The Balaban J connectivity index is 1.55. The molecule has 4 rings (SSSR count). The van der Waals surface area contributed by atoms with E-state index in [2.05, 4.69) is 0 Å². The number of hydrogen-bond donors (Lipinski definition) is 0. The van der Waals surface area contributed by atoms with Gasteiger partial charge >= 0.3 is 0 Å². The summed E-state index contributed by atoms with van der Waals surface area (Å²) in [5.74, 6) is -0.117. The van der Waals surface area contributed by atoms with Crippen LogP contribution in [0.2, 0.25) is 0 Å². The summed E-state index contributed by atoms with van der Waals surface area (Å²) in [5, 5.41) is 0. The van der Waals surface area contributed by atoms with Crippen LogP contribution in [0.15, 0.2) is 60.2 Å². The summed E-state index contributed by atoms with van der Waals surface area (Å²) in [7, 11) is 0. The molecule has 0 aromatic heterocycles. The van der Waals surface area contributed by atoms with Crippen LogP contribution in [0.3, 0.4) is 0 Å². The van der Waals surface area contributed by atoms with Crippen LogP contribution in [0.4, 0.5) is 13.2 Å². The zero-order chi connectivity index (χ0) is 21.3. The maximum Gasteiger partial charge on any atom is 0.183 e. The molecule has 2 unspecified atom stereocenters. The van der Waals surface area contributed by atoms with Crippen molar-refractivity contribution in [2.24, 2.45) is 5.92 Å². The highest BCUT2D eigenvalue weighted by Crippen LogP contribution is 2.34. The number of hydrogen-bond acceptors (Lipinski definition) is 3. The third-order valence-electron chi connectivity index (χ3n) is 5.32. The van der Waals surface area contributed by atoms with Crippen molar-refractivity contribution in [2.45, 2.75) is 25.6 Å². The van der Waals surface area contributed by atoms with Crippen molar-refractivity contribution in [3.8, 4) is 11.1 Å². The van der Waals surface area contributed by atoms with Gasteiger partial charge in [-0.15, -0.1) is 0 Å². The maximum absolute atomic E-state index is 14.7. The number of aldehydes is 1. The molecule has 2 aliphatic rings. The number of benzene rings is 2. The van der Waals surface area contributed by atoms with Crippen LogP contribution in [0.5, 0.6) is 0 Å². The topological polar surface area (TPSA) is 35.5 Å². The van der Waals surface area contributed by atoms with Gasteiger partial charge in [0.2, 0.25) is 0 Å². The molecule has 156 valence electrons. The lowest BCUT2D eigenvalue weighted by atomic mass is 9.90. The van der Waals surface area contributed by atoms with Gasteiger partial charge in [0.1, 0.15) is 12.1 Å². The van der Waals surface area contributed by atoms with E-state index in [0.717, 1.165) is 0 Å². The second-order valence-corrected chi connectivity index (χ2v) is 7.63. The summed E-state index contributed by atoms with van der Waals surface area (Å²) in [6.45, 7) is 3.14. The highest BCUT2D eigenvalue weighted by Gasteiger charge is 2.31. The Morgan fingerprint density at radius 2 is 1.60 bits per heavy atom. The molecule has 2 atom stereocenters. The first-order valence-electron chi connectivity index (χ1n) is 9.76. The van der Waals surface area contributed by atoms with Crippen molar-refractivity contribution < 1.29 is 27.4 Å². The van der Waals surface area contributed by atoms with Gasteiger partial charge in [-0.3, -0.25) is 4.79 Å². The summed E-state index contributed by atoms with van der Waals surface area (Å²) in [5.41, 5.74) is 2.01. The van der Waals surface area contributed by atoms with Crippen molar-refractivity contribution in [2.75, 3.05) is 13.2 Å². The Hall–Kier alpha value is -2.70. The fraction of sp³-hybridized carbons (Fsp3) is 0.292. The normalized spacial score (nSPS) is 26.7. The molecule has 1 fully saturated rings. The van der Waals surface area contributed by atoms with Gasteiger partial charge in [0.15, 0.2) is 18.6 Å². The Morgan fingerprint density at radius 3 is 2.23 bits per heavy atom. The van der Waals surface area contributed by atoms with Crippen molar-refractivity contribution in [3.05, 3.63) is 77.1 Å². The van der Waals surface area contributed by atoms with Crippen LogP contribution in [0.1, 0.15) is 24.3 Å². The van der Waals surface area contributed by atoms with Crippen LogP contribution in [-0.2, 0) is 14.3 Å². The maximum atomic E-state index is 14.7. The Kier molecular flexibility index (Phi) is 5.88. The third kappa shape index (κ3) is 3.98. The van der Waals surface area contributed by atoms with Gasteiger partial charge in [-0.2, -0.15) is 0 Å². The summed E-state index contributed by atoms with van der Waals surface area (Å²) in [4.78, 5) is 10.8. The van der Waals surface area contributed by atoms with E-state index in [-0.39, 0.29) is 11.1 Å². The predicted octanol–water partition coefficient (Wildman–Crippen LogP) is 5.37. The first-order valence-corrected chi connectivity index (χ1v) is 9.76. The standard InChI is InChI=1S/C24H21F3O3/c1-14-12-29-24(30-13-14)17-6-8-19(21(25)10-17)15-2-4-16(5-3-15)20-9-7-18(11-28)22(26)23(20)27/h2-11,14,22-24H,12-13H2,1H3. The average molecular weight is 414 g/mol. The summed E-state index contributed by atoms with van der Waals surface area (Å²) < 4.78 is 54.3. The Labute approximate surface area is 172 Å². The quantitative estimate of drug-likeness (QED) is 0.631. The smallest absolute Gasteiger partial charge is 0.183 e. The molecule has 0 N–H and O–H groups in total. The lowest BCUT2D eigenvalue weighted by Crippen LogP contribution is -2.25. The molecule has 0 bridgehead atoms. The predicted molar refractivity (Wildman–Crippen MR) is 108 cm³/mol. The van der Waals surface area contributed by atoms with Gasteiger partial charge < -0.3 is 9.47 Å². The van der Waals surface area contributed by atoms with Gasteiger partial charge in [0, 0.05) is 22.6 Å². The number of halogens is 3. The van der Waals surface area contributed by atoms with Crippen LogP contribution >= 0.6 is 0 Å². The molecule has 1 heterocycles. The highest BCUT2D eigenvalue weighted by molar-refractivity contribution is 5.83. The number of alkyl halides is 2. The molecule has 0 radical (unpaired) electrons. The Morgan fingerprint density at radius 1 is 0.933 bits per heavy atom. The zero-order valence-electron chi connectivity index (χ0n) is 16.4. The minimum atomic E-state index is -1.99. The average Bonchev–Trinajstić information content (AvgIpc) is 2.76. The lowest BCUT2D eigenvalue weighted by Gasteiger charge is -2.27. The number of carbonyl (C=O) groups is 1. The van der Waals surface area contributed by atoms with Gasteiger partial charge in [-0.05, 0) is 22.8 Å². The van der Waals surface area contributed by atoms with Gasteiger partial charge in [-0.1, -0.05) is 55.5 Å². The molecule has 3 nitrogen and oxygen atoms in total. The lowest BCUT2D eigenvalue weighted by molar-refractivity contribution is -0.202. The highest BCUT2D eigenvalue weighted by atomic mass is 19.2. The summed E-state index contributed by atoms with van der Waals surface area (Å²) in [6, 6.07) is 11.3. The number of ether oxygens (including phenoxy) is 2. The van der Waals surface area contributed by atoms with Crippen molar-refractivity contribution >= 4 is 11.9 Å².